The summed E-state index contributed by atoms with van der Waals surface area (Å²) in [6, 6.07) is 4.14. The van der Waals surface area contributed by atoms with Gasteiger partial charge in [0.1, 0.15) is 5.76 Å². The third kappa shape index (κ3) is 2.71. The maximum atomic E-state index is 5.34. The van der Waals surface area contributed by atoms with Crippen molar-refractivity contribution < 1.29 is 4.42 Å². The van der Waals surface area contributed by atoms with Crippen molar-refractivity contribution >= 4 is 11.3 Å². The number of hydrogen-bond donors (Lipinski definition) is 1. The van der Waals surface area contributed by atoms with Crippen molar-refractivity contribution in [1.82, 2.24) is 10.3 Å². The molecule has 16 heavy (non-hydrogen) atoms. The highest BCUT2D eigenvalue weighted by atomic mass is 32.1. The molecule has 0 saturated heterocycles. The zero-order valence-electron chi connectivity index (χ0n) is 9.56. The summed E-state index contributed by atoms with van der Waals surface area (Å²) in [4.78, 5) is 5.60. The molecule has 2 rings (SSSR count). The van der Waals surface area contributed by atoms with E-state index < -0.39 is 0 Å². The zero-order chi connectivity index (χ0) is 11.4. The van der Waals surface area contributed by atoms with Crippen molar-refractivity contribution in [2.45, 2.75) is 32.9 Å². The van der Waals surface area contributed by atoms with Crippen LogP contribution in [0.25, 0.3) is 0 Å². The number of aryl methyl sites for hydroxylation is 1. The topological polar surface area (TPSA) is 38.1 Å². The van der Waals surface area contributed by atoms with E-state index >= 15 is 0 Å². The highest BCUT2D eigenvalue weighted by molar-refractivity contribution is 7.11. The van der Waals surface area contributed by atoms with Crippen LogP contribution in [0.1, 0.15) is 35.5 Å². The molecular weight excluding hydrogens is 220 g/mol. The van der Waals surface area contributed by atoms with Crippen LogP contribution in [0.4, 0.5) is 0 Å². The third-order valence-corrected chi connectivity index (χ3v) is 3.60. The Hall–Kier alpha value is -1.13. The molecule has 86 valence electrons. The van der Waals surface area contributed by atoms with Gasteiger partial charge in [-0.1, -0.05) is 6.92 Å². The van der Waals surface area contributed by atoms with Gasteiger partial charge in [0.05, 0.1) is 17.3 Å². The summed E-state index contributed by atoms with van der Waals surface area (Å²) in [5.74, 6) is 0.972. The molecule has 3 nitrogen and oxygen atoms in total. The quantitative estimate of drug-likeness (QED) is 0.866. The summed E-state index contributed by atoms with van der Waals surface area (Å²) in [5.41, 5.74) is 0. The van der Waals surface area contributed by atoms with Crippen LogP contribution in [0.3, 0.4) is 0 Å². The first-order chi connectivity index (χ1) is 7.79. The van der Waals surface area contributed by atoms with Gasteiger partial charge >= 0.3 is 0 Å². The Morgan fingerprint density at radius 1 is 1.56 bits per heavy atom. The number of thiazole rings is 1. The molecule has 0 amide bonds. The van der Waals surface area contributed by atoms with Crippen LogP contribution in [0.2, 0.25) is 0 Å². The van der Waals surface area contributed by atoms with Crippen molar-refractivity contribution in [2.75, 3.05) is 0 Å². The molecule has 0 saturated carbocycles. The lowest BCUT2D eigenvalue weighted by Gasteiger charge is -2.09. The molecule has 2 heterocycles. The van der Waals surface area contributed by atoms with E-state index in [4.69, 9.17) is 4.42 Å². The fraction of sp³-hybridized carbons (Fsp3) is 0.417. The number of nitrogens with zero attached hydrogens (tertiary/aromatic N) is 1. The first kappa shape index (κ1) is 11.4. The summed E-state index contributed by atoms with van der Waals surface area (Å²) in [7, 11) is 0. The average molecular weight is 236 g/mol. The van der Waals surface area contributed by atoms with Gasteiger partial charge in [0.2, 0.25) is 0 Å². The molecule has 2 aromatic rings. The number of rotatable bonds is 5. The van der Waals surface area contributed by atoms with Crippen LogP contribution in [0.5, 0.6) is 0 Å². The van der Waals surface area contributed by atoms with Crippen LogP contribution in [-0.2, 0) is 13.0 Å². The van der Waals surface area contributed by atoms with Crippen molar-refractivity contribution in [3.63, 3.8) is 0 Å². The number of aromatic nitrogens is 1. The zero-order valence-corrected chi connectivity index (χ0v) is 10.4. The van der Waals surface area contributed by atoms with E-state index in [1.54, 1.807) is 17.6 Å². The minimum atomic E-state index is 0.238. The lowest BCUT2D eigenvalue weighted by atomic mass is 10.2. The first-order valence-electron chi connectivity index (χ1n) is 5.50. The van der Waals surface area contributed by atoms with E-state index in [9.17, 15) is 0 Å². The molecule has 0 bridgehead atoms. The summed E-state index contributed by atoms with van der Waals surface area (Å²) in [6.07, 6.45) is 4.67. The fourth-order valence-electron chi connectivity index (χ4n) is 1.49. The lowest BCUT2D eigenvalue weighted by molar-refractivity contribution is 0.431. The molecule has 0 aromatic carbocycles. The van der Waals surface area contributed by atoms with E-state index in [2.05, 4.69) is 24.1 Å². The number of nitrogens with one attached hydrogen (secondary N) is 1. The van der Waals surface area contributed by atoms with Gasteiger partial charge in [-0.25, -0.2) is 4.98 Å². The van der Waals surface area contributed by atoms with Crippen molar-refractivity contribution in [2.24, 2.45) is 0 Å². The van der Waals surface area contributed by atoms with Crippen molar-refractivity contribution in [3.05, 3.63) is 40.2 Å². The second-order valence-electron chi connectivity index (χ2n) is 3.69. The van der Waals surface area contributed by atoms with Gasteiger partial charge < -0.3 is 9.73 Å². The van der Waals surface area contributed by atoms with Gasteiger partial charge in [0.15, 0.2) is 0 Å². The summed E-state index contributed by atoms with van der Waals surface area (Å²) in [5, 5.41) is 4.61. The SMILES string of the molecule is CCc1ncc(CNC(C)c2ccco2)s1. The fourth-order valence-corrected chi connectivity index (χ4v) is 2.30. The van der Waals surface area contributed by atoms with Gasteiger partial charge in [0.25, 0.3) is 0 Å². The monoisotopic (exact) mass is 236 g/mol. The minimum absolute atomic E-state index is 0.238. The molecule has 0 aliphatic carbocycles. The Balaban J connectivity index is 1.87. The van der Waals surface area contributed by atoms with Crippen LogP contribution >= 0.6 is 11.3 Å². The Bertz CT molecular complexity index is 422. The van der Waals surface area contributed by atoms with Gasteiger partial charge in [-0.05, 0) is 25.5 Å². The molecule has 2 aromatic heterocycles. The minimum Gasteiger partial charge on any atom is -0.468 e. The second kappa shape index (κ2) is 5.27. The predicted octanol–water partition coefficient (Wildman–Crippen LogP) is 3.15. The maximum absolute atomic E-state index is 5.34. The highest BCUT2D eigenvalue weighted by Crippen LogP contribution is 2.16. The van der Waals surface area contributed by atoms with Crippen LogP contribution in [0.15, 0.2) is 29.0 Å². The molecule has 0 fully saturated rings. The van der Waals surface area contributed by atoms with E-state index in [0.717, 1.165) is 18.7 Å². The van der Waals surface area contributed by atoms with Gasteiger partial charge in [0, 0.05) is 17.6 Å². The normalized spacial score (nSPS) is 12.9. The summed E-state index contributed by atoms with van der Waals surface area (Å²) >= 11 is 1.77. The van der Waals surface area contributed by atoms with Gasteiger partial charge in [-0.15, -0.1) is 11.3 Å². The maximum Gasteiger partial charge on any atom is 0.120 e. The average Bonchev–Trinajstić information content (AvgIpc) is 2.96. The van der Waals surface area contributed by atoms with Crippen molar-refractivity contribution in [1.29, 1.82) is 0 Å². The smallest absolute Gasteiger partial charge is 0.120 e. The Morgan fingerprint density at radius 3 is 3.06 bits per heavy atom. The standard InChI is InChI=1S/C12H16N2OS/c1-3-12-14-8-10(16-12)7-13-9(2)11-5-4-6-15-11/h4-6,8-9,13H,3,7H2,1-2H3. The van der Waals surface area contributed by atoms with Gasteiger partial charge in [-0.3, -0.25) is 0 Å². The Morgan fingerprint density at radius 2 is 2.44 bits per heavy atom. The third-order valence-electron chi connectivity index (χ3n) is 2.46. The Labute approximate surface area is 99.5 Å². The molecule has 1 N–H and O–H groups in total. The van der Waals surface area contributed by atoms with E-state index in [1.165, 1.54) is 9.88 Å². The van der Waals surface area contributed by atoms with Crippen LogP contribution < -0.4 is 5.32 Å². The molecule has 0 spiro atoms. The number of hydrogen-bond acceptors (Lipinski definition) is 4. The number of furan rings is 1. The van der Waals surface area contributed by atoms with Gasteiger partial charge in [-0.2, -0.15) is 0 Å². The molecule has 1 atom stereocenters. The molecule has 4 heteroatoms. The van der Waals surface area contributed by atoms with E-state index in [1.807, 2.05) is 18.3 Å². The van der Waals surface area contributed by atoms with Crippen molar-refractivity contribution in [3.8, 4) is 0 Å². The molecule has 0 aliphatic heterocycles. The van der Waals surface area contributed by atoms with E-state index in [0.29, 0.717) is 0 Å². The summed E-state index contributed by atoms with van der Waals surface area (Å²) < 4.78 is 5.34. The second-order valence-corrected chi connectivity index (χ2v) is 4.89. The lowest BCUT2D eigenvalue weighted by Crippen LogP contribution is -2.16. The largest absolute Gasteiger partial charge is 0.468 e. The molecule has 0 radical (unpaired) electrons. The molecule has 1 unspecified atom stereocenters. The molecule has 0 aliphatic rings. The van der Waals surface area contributed by atoms with E-state index in [-0.39, 0.29) is 6.04 Å². The Kier molecular flexibility index (Phi) is 3.74. The summed E-state index contributed by atoms with van der Waals surface area (Å²) in [6.45, 7) is 5.07. The van der Waals surface area contributed by atoms with Crippen LogP contribution in [0, 0.1) is 0 Å². The van der Waals surface area contributed by atoms with Crippen LogP contribution in [-0.4, -0.2) is 4.98 Å². The molecular formula is C12H16N2OS. The first-order valence-corrected chi connectivity index (χ1v) is 6.31. The highest BCUT2D eigenvalue weighted by Gasteiger charge is 2.08. The predicted molar refractivity (Wildman–Crippen MR) is 65.5 cm³/mol.